The van der Waals surface area contributed by atoms with E-state index in [0.29, 0.717) is 40.9 Å². The Morgan fingerprint density at radius 1 is 1.03 bits per heavy atom. The summed E-state index contributed by atoms with van der Waals surface area (Å²) in [4.78, 5) is 42.0. The molecule has 9 nitrogen and oxygen atoms in total. The number of carbonyl (C=O) groups is 3. The topological polar surface area (TPSA) is 116 Å². The first kappa shape index (κ1) is 27.1. The lowest BCUT2D eigenvalue weighted by Gasteiger charge is -2.20. The van der Waals surface area contributed by atoms with Crippen LogP contribution >= 0.6 is 11.6 Å². The van der Waals surface area contributed by atoms with Crippen LogP contribution in [-0.2, 0) is 14.3 Å². The highest BCUT2D eigenvalue weighted by Crippen LogP contribution is 2.47. The number of aromatic nitrogens is 1. The predicted octanol–water partition coefficient (Wildman–Crippen LogP) is 5.06. The molecule has 3 aromatic rings. The zero-order valence-electron chi connectivity index (χ0n) is 21.3. The molecule has 200 valence electrons. The van der Waals surface area contributed by atoms with Crippen LogP contribution in [0.15, 0.2) is 42.6 Å². The molecule has 2 N–H and O–H groups in total. The van der Waals surface area contributed by atoms with Crippen molar-refractivity contribution in [3.8, 4) is 17.2 Å². The average molecular weight is 544 g/mol. The molecule has 0 saturated heterocycles. The highest BCUT2D eigenvalue weighted by molar-refractivity contribution is 6.32. The van der Waals surface area contributed by atoms with Crippen molar-refractivity contribution in [1.29, 1.82) is 0 Å². The minimum absolute atomic E-state index is 0.198. The molecule has 2 aromatic carbocycles. The van der Waals surface area contributed by atoms with Gasteiger partial charge in [0.05, 0.1) is 30.8 Å². The number of anilines is 1. The summed E-state index contributed by atoms with van der Waals surface area (Å²) in [5.41, 5.74) is -0.121. The van der Waals surface area contributed by atoms with Crippen LogP contribution in [0, 0.1) is 5.41 Å². The number of halogens is 2. The van der Waals surface area contributed by atoms with Crippen molar-refractivity contribution >= 4 is 46.0 Å². The summed E-state index contributed by atoms with van der Waals surface area (Å²) in [6.07, 6.45) is 1.05. The van der Waals surface area contributed by atoms with E-state index in [4.69, 9.17) is 25.8 Å². The van der Waals surface area contributed by atoms with E-state index in [0.717, 1.165) is 0 Å². The molecule has 1 fully saturated rings. The van der Waals surface area contributed by atoms with Crippen LogP contribution in [0.5, 0.6) is 17.2 Å². The zero-order chi connectivity index (χ0) is 27.6. The molecule has 1 aromatic heterocycles. The van der Waals surface area contributed by atoms with Crippen molar-refractivity contribution in [1.82, 2.24) is 10.3 Å². The van der Waals surface area contributed by atoms with Gasteiger partial charge < -0.3 is 24.8 Å². The number of alkyl halides is 1. The number of ether oxygens (including phenoxy) is 3. The number of hydrogen-bond acceptors (Lipinski definition) is 7. The van der Waals surface area contributed by atoms with Crippen LogP contribution in [-0.4, -0.2) is 49.2 Å². The first-order chi connectivity index (χ1) is 18.1. The molecule has 1 aliphatic rings. The third-order valence-corrected chi connectivity index (χ3v) is 6.80. The Hall–Kier alpha value is -3.92. The van der Waals surface area contributed by atoms with Crippen LogP contribution in [0.4, 0.5) is 10.1 Å². The Kier molecular flexibility index (Phi) is 7.73. The van der Waals surface area contributed by atoms with E-state index in [1.807, 2.05) is 0 Å². The Morgan fingerprint density at radius 2 is 1.76 bits per heavy atom. The SMILES string of the molecule is COC(=O)c1cc2c(Oc3ccc(NC(=O)C4(C(=O)NC(C)[C@@H](C)F)CC4)cc3Cl)ccnc2cc1OC. The summed E-state index contributed by atoms with van der Waals surface area (Å²) >= 11 is 6.45. The lowest BCUT2D eigenvalue weighted by atomic mass is 10.0. The molecular formula is C27H27ClFN3O6. The molecule has 0 aliphatic heterocycles. The summed E-state index contributed by atoms with van der Waals surface area (Å²) in [5, 5.41) is 6.02. The molecule has 11 heteroatoms. The number of carbonyl (C=O) groups excluding carboxylic acids is 3. The largest absolute Gasteiger partial charge is 0.496 e. The van der Waals surface area contributed by atoms with E-state index in [-0.39, 0.29) is 16.3 Å². The van der Waals surface area contributed by atoms with Gasteiger partial charge in [-0.3, -0.25) is 14.6 Å². The number of fused-ring (bicyclic) bond motifs is 1. The fraction of sp³-hybridized carbons (Fsp3) is 0.333. The third-order valence-electron chi connectivity index (χ3n) is 6.50. The van der Waals surface area contributed by atoms with Crippen molar-refractivity contribution in [2.24, 2.45) is 5.41 Å². The molecule has 2 atom stereocenters. The molecule has 2 amide bonds. The van der Waals surface area contributed by atoms with Gasteiger partial charge in [-0.25, -0.2) is 9.18 Å². The molecule has 1 aliphatic carbocycles. The molecule has 1 heterocycles. The average Bonchev–Trinajstić information content (AvgIpc) is 3.71. The number of hydrogen-bond donors (Lipinski definition) is 2. The van der Waals surface area contributed by atoms with Gasteiger partial charge >= 0.3 is 5.97 Å². The van der Waals surface area contributed by atoms with E-state index in [9.17, 15) is 18.8 Å². The van der Waals surface area contributed by atoms with E-state index >= 15 is 0 Å². The molecule has 1 saturated carbocycles. The van der Waals surface area contributed by atoms with Gasteiger partial charge in [-0.15, -0.1) is 0 Å². The quantitative estimate of drug-likeness (QED) is 0.286. The van der Waals surface area contributed by atoms with Crippen LogP contribution in [0.2, 0.25) is 5.02 Å². The molecule has 1 unspecified atom stereocenters. The van der Waals surface area contributed by atoms with E-state index in [1.54, 1.807) is 43.5 Å². The molecule has 0 radical (unpaired) electrons. The maximum absolute atomic E-state index is 13.5. The summed E-state index contributed by atoms with van der Waals surface area (Å²) in [5.74, 6) is -0.577. The first-order valence-electron chi connectivity index (χ1n) is 11.9. The number of esters is 1. The van der Waals surface area contributed by atoms with Gasteiger partial charge in [0, 0.05) is 23.3 Å². The second kappa shape index (κ2) is 10.8. The summed E-state index contributed by atoms with van der Waals surface area (Å²) in [7, 11) is 2.71. The minimum atomic E-state index is -1.24. The fourth-order valence-electron chi connectivity index (χ4n) is 3.85. The molecule has 38 heavy (non-hydrogen) atoms. The van der Waals surface area contributed by atoms with Crippen molar-refractivity contribution in [3.63, 3.8) is 0 Å². The number of nitrogens with zero attached hydrogens (tertiary/aromatic N) is 1. The van der Waals surface area contributed by atoms with Crippen molar-refractivity contribution < 1.29 is 33.0 Å². The van der Waals surface area contributed by atoms with Gasteiger partial charge in [-0.2, -0.15) is 0 Å². The number of amides is 2. The van der Waals surface area contributed by atoms with Crippen LogP contribution < -0.4 is 20.1 Å². The highest BCUT2D eigenvalue weighted by atomic mass is 35.5. The molecule has 0 spiro atoms. The normalized spacial score (nSPS) is 15.2. The van der Waals surface area contributed by atoms with Gasteiger partial charge in [0.15, 0.2) is 0 Å². The highest BCUT2D eigenvalue weighted by Gasteiger charge is 2.56. The maximum atomic E-state index is 13.5. The van der Waals surface area contributed by atoms with Crippen LogP contribution in [0.3, 0.4) is 0 Å². The smallest absolute Gasteiger partial charge is 0.341 e. The Morgan fingerprint density at radius 3 is 2.37 bits per heavy atom. The monoisotopic (exact) mass is 543 g/mol. The lowest BCUT2D eigenvalue weighted by molar-refractivity contribution is -0.135. The van der Waals surface area contributed by atoms with E-state index < -0.39 is 35.4 Å². The fourth-order valence-corrected chi connectivity index (χ4v) is 4.07. The first-order valence-corrected chi connectivity index (χ1v) is 12.3. The Labute approximate surface area is 223 Å². The number of methoxy groups -OCH3 is 2. The Balaban J connectivity index is 1.54. The van der Waals surface area contributed by atoms with Gasteiger partial charge in [0.1, 0.15) is 34.4 Å². The predicted molar refractivity (Wildman–Crippen MR) is 140 cm³/mol. The zero-order valence-corrected chi connectivity index (χ0v) is 22.0. The van der Waals surface area contributed by atoms with Crippen LogP contribution in [0.25, 0.3) is 10.9 Å². The number of rotatable bonds is 9. The van der Waals surface area contributed by atoms with Gasteiger partial charge in [0.2, 0.25) is 11.8 Å². The van der Waals surface area contributed by atoms with Gasteiger partial charge in [-0.05, 0) is 57.0 Å². The maximum Gasteiger partial charge on any atom is 0.341 e. The Bertz CT molecular complexity index is 1410. The minimum Gasteiger partial charge on any atom is -0.496 e. The number of nitrogens with one attached hydrogen (secondary N) is 2. The van der Waals surface area contributed by atoms with Gasteiger partial charge in [0.25, 0.3) is 0 Å². The van der Waals surface area contributed by atoms with E-state index in [1.165, 1.54) is 27.2 Å². The molecular weight excluding hydrogens is 517 g/mol. The molecule has 0 bridgehead atoms. The van der Waals surface area contributed by atoms with Crippen molar-refractivity contribution in [3.05, 3.63) is 53.2 Å². The summed E-state index contributed by atoms with van der Waals surface area (Å²) in [6, 6.07) is 8.75. The summed E-state index contributed by atoms with van der Waals surface area (Å²) < 4.78 is 29.6. The molecule has 4 rings (SSSR count). The number of pyridine rings is 1. The van der Waals surface area contributed by atoms with E-state index in [2.05, 4.69) is 15.6 Å². The van der Waals surface area contributed by atoms with Crippen molar-refractivity contribution in [2.45, 2.75) is 38.9 Å². The second-order valence-corrected chi connectivity index (χ2v) is 9.50. The van der Waals surface area contributed by atoms with Crippen molar-refractivity contribution in [2.75, 3.05) is 19.5 Å². The standard InChI is InChI=1S/C27H27ClFN3O6/c1-14(29)15(2)31-25(34)27(8-9-27)26(35)32-16-5-6-22(19(28)11-16)38-21-7-10-30-20-13-23(36-3)18(12-17(20)21)24(33)37-4/h5-7,10-15H,8-9H2,1-4H3,(H,31,34)(H,32,35)/t14-,15?/m1/s1. The van der Waals surface area contributed by atoms with Crippen LogP contribution in [0.1, 0.15) is 37.0 Å². The van der Waals surface area contributed by atoms with Gasteiger partial charge in [-0.1, -0.05) is 11.6 Å². The summed E-state index contributed by atoms with van der Waals surface area (Å²) in [6.45, 7) is 2.90. The lowest BCUT2D eigenvalue weighted by Crippen LogP contribution is -2.46. The number of benzene rings is 2. The second-order valence-electron chi connectivity index (χ2n) is 9.09. The third kappa shape index (κ3) is 5.35.